The third-order valence-electron chi connectivity index (χ3n) is 4.75. The molecule has 0 bridgehead atoms. The largest absolute Gasteiger partial charge is 0.373 e. The zero-order chi connectivity index (χ0) is 14.4. The lowest BCUT2D eigenvalue weighted by Crippen LogP contribution is -2.41. The number of aryl methyl sites for hydroxylation is 1. The molecule has 112 valence electrons. The number of nitrogens with one attached hydrogen (secondary N) is 1. The average Bonchev–Trinajstić information content (AvgIpc) is 2.49. The summed E-state index contributed by atoms with van der Waals surface area (Å²) in [5.74, 6) is 0.845. The Morgan fingerprint density at radius 3 is 2.50 bits per heavy atom. The number of rotatable bonds is 6. The zero-order valence-corrected chi connectivity index (χ0v) is 13.4. The summed E-state index contributed by atoms with van der Waals surface area (Å²) in [4.78, 5) is 2.35. The van der Waals surface area contributed by atoms with Crippen molar-refractivity contribution in [3.05, 3.63) is 29.8 Å². The van der Waals surface area contributed by atoms with E-state index in [1.54, 1.807) is 0 Å². The molecule has 2 rings (SSSR count). The van der Waals surface area contributed by atoms with Crippen LogP contribution in [0.5, 0.6) is 0 Å². The van der Waals surface area contributed by atoms with E-state index in [2.05, 4.69) is 55.4 Å². The third kappa shape index (κ3) is 4.24. The third-order valence-corrected chi connectivity index (χ3v) is 4.75. The molecule has 0 radical (unpaired) electrons. The number of anilines is 1. The quantitative estimate of drug-likeness (QED) is 0.847. The molecule has 2 unspecified atom stereocenters. The van der Waals surface area contributed by atoms with E-state index in [1.807, 2.05) is 0 Å². The Bertz CT molecular complexity index is 385. The van der Waals surface area contributed by atoms with Crippen molar-refractivity contribution in [2.45, 2.75) is 52.0 Å². The van der Waals surface area contributed by atoms with Crippen LogP contribution in [-0.2, 0) is 6.42 Å². The van der Waals surface area contributed by atoms with Gasteiger partial charge in [-0.25, -0.2) is 0 Å². The van der Waals surface area contributed by atoms with Crippen LogP contribution in [0, 0.1) is 5.92 Å². The highest BCUT2D eigenvalue weighted by atomic mass is 15.1. The van der Waals surface area contributed by atoms with Crippen LogP contribution in [0.25, 0.3) is 0 Å². The molecule has 0 aliphatic heterocycles. The molecule has 0 heterocycles. The van der Waals surface area contributed by atoms with E-state index in [1.165, 1.54) is 36.9 Å². The van der Waals surface area contributed by atoms with Gasteiger partial charge in [-0.1, -0.05) is 38.8 Å². The normalized spacial score (nSPS) is 22.8. The molecule has 2 atom stereocenters. The molecule has 1 saturated carbocycles. The lowest BCUT2D eigenvalue weighted by Gasteiger charge is -2.30. The maximum atomic E-state index is 3.75. The van der Waals surface area contributed by atoms with Crippen molar-refractivity contribution >= 4 is 5.69 Å². The number of hydrogen-bond donors (Lipinski definition) is 1. The van der Waals surface area contributed by atoms with E-state index in [-0.39, 0.29) is 0 Å². The van der Waals surface area contributed by atoms with E-state index in [0.717, 1.165) is 31.5 Å². The minimum atomic E-state index is 0.736. The van der Waals surface area contributed by atoms with Crippen molar-refractivity contribution in [1.82, 2.24) is 5.32 Å². The molecule has 0 spiro atoms. The number of benzene rings is 1. The van der Waals surface area contributed by atoms with Gasteiger partial charge in [0.05, 0.1) is 0 Å². The van der Waals surface area contributed by atoms with Gasteiger partial charge in [-0.3, -0.25) is 0 Å². The molecule has 2 heteroatoms. The van der Waals surface area contributed by atoms with E-state index in [0.29, 0.717) is 0 Å². The summed E-state index contributed by atoms with van der Waals surface area (Å²) in [6.07, 6.45) is 6.69. The van der Waals surface area contributed by atoms with E-state index >= 15 is 0 Å². The Morgan fingerprint density at radius 2 is 1.85 bits per heavy atom. The monoisotopic (exact) mass is 274 g/mol. The Kier molecular flexibility index (Phi) is 5.90. The predicted octanol–water partition coefficient (Wildman–Crippen LogP) is 3.85. The summed E-state index contributed by atoms with van der Waals surface area (Å²) in [6.45, 7) is 6.76. The molecule has 0 saturated heterocycles. The van der Waals surface area contributed by atoms with E-state index < -0.39 is 0 Å². The molecule has 0 aromatic heterocycles. The summed E-state index contributed by atoms with van der Waals surface area (Å²) in [5, 5.41) is 3.75. The maximum absolute atomic E-state index is 3.75. The summed E-state index contributed by atoms with van der Waals surface area (Å²) in [5.41, 5.74) is 2.73. The Morgan fingerprint density at radius 1 is 1.15 bits per heavy atom. The van der Waals surface area contributed by atoms with Crippen molar-refractivity contribution in [2.75, 3.05) is 25.0 Å². The van der Waals surface area contributed by atoms with Crippen LogP contribution < -0.4 is 10.2 Å². The standard InChI is InChI=1S/C18H30N2/c1-4-16-9-11-17(12-10-16)20(3)14-13-19-18-8-6-5-7-15(18)2/h9-12,15,18-19H,4-8,13-14H2,1-3H3. The molecule has 2 nitrogen and oxygen atoms in total. The van der Waals surface area contributed by atoms with Gasteiger partial charge in [-0.15, -0.1) is 0 Å². The first-order valence-corrected chi connectivity index (χ1v) is 8.24. The summed E-state index contributed by atoms with van der Waals surface area (Å²) >= 11 is 0. The summed E-state index contributed by atoms with van der Waals surface area (Å²) in [6, 6.07) is 9.69. The van der Waals surface area contributed by atoms with Crippen LogP contribution in [0.15, 0.2) is 24.3 Å². The van der Waals surface area contributed by atoms with Gasteiger partial charge in [-0.05, 0) is 42.9 Å². The molecular weight excluding hydrogens is 244 g/mol. The van der Waals surface area contributed by atoms with E-state index in [4.69, 9.17) is 0 Å². The van der Waals surface area contributed by atoms with Gasteiger partial charge >= 0.3 is 0 Å². The van der Waals surface area contributed by atoms with Crippen LogP contribution in [0.3, 0.4) is 0 Å². The van der Waals surface area contributed by atoms with Gasteiger partial charge in [0.1, 0.15) is 0 Å². The van der Waals surface area contributed by atoms with Crippen LogP contribution in [0.4, 0.5) is 5.69 Å². The van der Waals surface area contributed by atoms with Crippen LogP contribution in [0.1, 0.15) is 45.1 Å². The Labute approximate surface area is 124 Å². The lowest BCUT2D eigenvalue weighted by atomic mass is 9.86. The average molecular weight is 274 g/mol. The first-order valence-electron chi connectivity index (χ1n) is 8.24. The molecule has 1 aliphatic carbocycles. The van der Waals surface area contributed by atoms with Crippen molar-refractivity contribution in [1.29, 1.82) is 0 Å². The van der Waals surface area contributed by atoms with Gasteiger partial charge < -0.3 is 10.2 Å². The van der Waals surface area contributed by atoms with Gasteiger partial charge in [0.15, 0.2) is 0 Å². The van der Waals surface area contributed by atoms with Gasteiger partial charge in [0.2, 0.25) is 0 Å². The summed E-state index contributed by atoms with van der Waals surface area (Å²) in [7, 11) is 2.19. The number of nitrogens with zero attached hydrogens (tertiary/aromatic N) is 1. The Balaban J connectivity index is 1.75. The van der Waals surface area contributed by atoms with Crippen LogP contribution >= 0.6 is 0 Å². The second-order valence-electron chi connectivity index (χ2n) is 6.26. The summed E-state index contributed by atoms with van der Waals surface area (Å²) < 4.78 is 0. The highest BCUT2D eigenvalue weighted by Gasteiger charge is 2.20. The predicted molar refractivity (Wildman–Crippen MR) is 88.5 cm³/mol. The smallest absolute Gasteiger partial charge is 0.0364 e. The maximum Gasteiger partial charge on any atom is 0.0364 e. The highest BCUT2D eigenvalue weighted by molar-refractivity contribution is 5.46. The molecule has 1 aromatic rings. The van der Waals surface area contributed by atoms with Crippen molar-refractivity contribution < 1.29 is 0 Å². The second-order valence-corrected chi connectivity index (χ2v) is 6.26. The molecule has 20 heavy (non-hydrogen) atoms. The van der Waals surface area contributed by atoms with Gasteiger partial charge in [-0.2, -0.15) is 0 Å². The molecule has 1 N–H and O–H groups in total. The minimum absolute atomic E-state index is 0.736. The van der Waals surface area contributed by atoms with Crippen LogP contribution in [0.2, 0.25) is 0 Å². The molecule has 0 amide bonds. The lowest BCUT2D eigenvalue weighted by molar-refractivity contribution is 0.283. The van der Waals surface area contributed by atoms with Crippen LogP contribution in [-0.4, -0.2) is 26.2 Å². The van der Waals surface area contributed by atoms with Crippen molar-refractivity contribution in [3.63, 3.8) is 0 Å². The first-order chi connectivity index (χ1) is 9.70. The minimum Gasteiger partial charge on any atom is -0.373 e. The van der Waals surface area contributed by atoms with Gasteiger partial charge in [0, 0.05) is 31.9 Å². The fourth-order valence-corrected chi connectivity index (χ4v) is 3.15. The molecular formula is C18H30N2. The first kappa shape index (κ1) is 15.4. The van der Waals surface area contributed by atoms with Gasteiger partial charge in [0.25, 0.3) is 0 Å². The zero-order valence-electron chi connectivity index (χ0n) is 13.4. The molecule has 1 aliphatic rings. The SMILES string of the molecule is CCc1ccc(N(C)CCNC2CCCCC2C)cc1. The fraction of sp³-hybridized carbons (Fsp3) is 0.667. The molecule has 1 aromatic carbocycles. The van der Waals surface area contributed by atoms with E-state index in [9.17, 15) is 0 Å². The van der Waals surface area contributed by atoms with Crippen molar-refractivity contribution in [3.8, 4) is 0 Å². The number of likely N-dealkylation sites (N-methyl/N-ethyl adjacent to an activating group) is 1. The highest BCUT2D eigenvalue weighted by Crippen LogP contribution is 2.23. The second kappa shape index (κ2) is 7.68. The number of hydrogen-bond acceptors (Lipinski definition) is 2. The Hall–Kier alpha value is -1.02. The molecule has 1 fully saturated rings. The fourth-order valence-electron chi connectivity index (χ4n) is 3.15. The topological polar surface area (TPSA) is 15.3 Å². The van der Waals surface area contributed by atoms with Crippen molar-refractivity contribution in [2.24, 2.45) is 5.92 Å².